The molecule has 1 aliphatic rings. The predicted octanol–water partition coefficient (Wildman–Crippen LogP) is 4.10. The topological polar surface area (TPSA) is 25.2 Å². The normalized spacial score (nSPS) is 15.4. The monoisotopic (exact) mass is 324 g/mol. The van der Waals surface area contributed by atoms with E-state index in [2.05, 4.69) is 74.4 Å². The molecule has 0 saturated carbocycles. The number of aromatic nitrogens is 1. The van der Waals surface area contributed by atoms with Gasteiger partial charge in [0.1, 0.15) is 0 Å². The molecule has 0 fully saturated rings. The van der Waals surface area contributed by atoms with Crippen molar-refractivity contribution in [3.63, 3.8) is 0 Å². The Hall–Kier alpha value is -1.87. The summed E-state index contributed by atoms with van der Waals surface area (Å²) in [4.78, 5) is 15.2. The molecule has 0 saturated heterocycles. The number of fused-ring (bicyclic) bond motifs is 1. The third-order valence-electron chi connectivity index (χ3n) is 4.98. The lowest BCUT2D eigenvalue weighted by Gasteiger charge is -2.28. The van der Waals surface area contributed by atoms with E-state index >= 15 is 0 Å². The highest BCUT2D eigenvalue weighted by Crippen LogP contribution is 2.25. The predicted molar refractivity (Wildman–Crippen MR) is 98.7 cm³/mol. The molecule has 128 valence electrons. The largest absolute Gasteiger partial charge is 0.343 e. The fraction of sp³-hybridized carbons (Fsp3) is 0.476. The molecule has 0 spiro atoms. The number of aryl methyl sites for hydroxylation is 1. The van der Waals surface area contributed by atoms with Gasteiger partial charge in [-0.15, -0.1) is 0 Å². The fourth-order valence-electron chi connectivity index (χ4n) is 4.05. The van der Waals surface area contributed by atoms with Crippen molar-refractivity contribution in [2.75, 3.05) is 13.1 Å². The SMILES string of the molecule is Cc1cc(C(=O)CN2CCc3ccccc3C2)c(C)n1C(C)(C)C. The zero-order valence-electron chi connectivity index (χ0n) is 15.5. The zero-order chi connectivity index (χ0) is 17.5. The van der Waals surface area contributed by atoms with E-state index in [1.165, 1.54) is 11.1 Å². The number of nitrogens with zero attached hydrogens (tertiary/aromatic N) is 2. The highest BCUT2D eigenvalue weighted by molar-refractivity contribution is 5.99. The van der Waals surface area contributed by atoms with Crippen LogP contribution >= 0.6 is 0 Å². The Morgan fingerprint density at radius 3 is 2.42 bits per heavy atom. The average Bonchev–Trinajstić information content (AvgIpc) is 2.82. The van der Waals surface area contributed by atoms with Crippen LogP contribution in [0.2, 0.25) is 0 Å². The van der Waals surface area contributed by atoms with E-state index in [1.54, 1.807) is 0 Å². The third-order valence-corrected chi connectivity index (χ3v) is 4.98. The minimum atomic E-state index is -0.00321. The summed E-state index contributed by atoms with van der Waals surface area (Å²) in [5, 5.41) is 0. The first kappa shape index (κ1) is 17.0. The molecular formula is C21H28N2O. The lowest BCUT2D eigenvalue weighted by molar-refractivity contribution is 0.0920. The van der Waals surface area contributed by atoms with Gasteiger partial charge in [0.2, 0.25) is 0 Å². The lowest BCUT2D eigenvalue weighted by atomic mass is 9.99. The van der Waals surface area contributed by atoms with E-state index < -0.39 is 0 Å². The van der Waals surface area contributed by atoms with Crippen LogP contribution in [0.4, 0.5) is 0 Å². The summed E-state index contributed by atoms with van der Waals surface area (Å²) in [7, 11) is 0. The molecule has 0 bridgehead atoms. The van der Waals surface area contributed by atoms with Crippen molar-refractivity contribution < 1.29 is 4.79 Å². The second-order valence-electron chi connectivity index (χ2n) is 7.94. The summed E-state index contributed by atoms with van der Waals surface area (Å²) in [6, 6.07) is 10.6. The molecule has 0 radical (unpaired) electrons. The quantitative estimate of drug-likeness (QED) is 0.794. The Morgan fingerprint density at radius 1 is 1.12 bits per heavy atom. The van der Waals surface area contributed by atoms with Crippen LogP contribution in [0.5, 0.6) is 0 Å². The van der Waals surface area contributed by atoms with Gasteiger partial charge in [-0.25, -0.2) is 0 Å². The molecule has 1 aliphatic heterocycles. The van der Waals surface area contributed by atoms with Crippen LogP contribution in [0.25, 0.3) is 0 Å². The molecule has 0 aliphatic carbocycles. The van der Waals surface area contributed by atoms with Crippen molar-refractivity contribution in [2.45, 2.75) is 53.1 Å². The second-order valence-corrected chi connectivity index (χ2v) is 7.94. The van der Waals surface area contributed by atoms with Crippen LogP contribution in [-0.4, -0.2) is 28.3 Å². The average molecular weight is 324 g/mol. The van der Waals surface area contributed by atoms with Gasteiger partial charge in [-0.3, -0.25) is 9.69 Å². The van der Waals surface area contributed by atoms with Crippen molar-refractivity contribution in [2.24, 2.45) is 0 Å². The first-order valence-electron chi connectivity index (χ1n) is 8.79. The summed E-state index contributed by atoms with van der Waals surface area (Å²) in [5.41, 5.74) is 5.90. The van der Waals surface area contributed by atoms with Crippen molar-refractivity contribution in [3.8, 4) is 0 Å². The molecule has 0 atom stereocenters. The molecule has 3 rings (SSSR count). The first-order chi connectivity index (χ1) is 11.3. The minimum absolute atomic E-state index is 0.00321. The number of carbonyl (C=O) groups excluding carboxylic acids is 1. The van der Waals surface area contributed by atoms with Gasteiger partial charge in [-0.1, -0.05) is 24.3 Å². The summed E-state index contributed by atoms with van der Waals surface area (Å²) in [5.74, 6) is 0.234. The number of Topliss-reactive ketones (excluding diaryl/α,β-unsaturated/α-hetero) is 1. The van der Waals surface area contributed by atoms with Crippen LogP contribution in [0.3, 0.4) is 0 Å². The van der Waals surface area contributed by atoms with E-state index in [9.17, 15) is 4.79 Å². The maximum atomic E-state index is 12.9. The highest BCUT2D eigenvalue weighted by Gasteiger charge is 2.24. The number of benzene rings is 1. The standard InChI is InChI=1S/C21H28N2O/c1-15-12-19(16(2)23(15)21(3,4)5)20(24)14-22-11-10-17-8-6-7-9-18(17)13-22/h6-9,12H,10-11,13-14H2,1-5H3. The van der Waals surface area contributed by atoms with Gasteiger partial charge in [-0.2, -0.15) is 0 Å². The summed E-state index contributed by atoms with van der Waals surface area (Å²) >= 11 is 0. The minimum Gasteiger partial charge on any atom is -0.343 e. The van der Waals surface area contributed by atoms with Gasteiger partial charge < -0.3 is 4.57 Å². The Balaban J connectivity index is 1.77. The van der Waals surface area contributed by atoms with Crippen molar-refractivity contribution in [3.05, 3.63) is 58.4 Å². The van der Waals surface area contributed by atoms with Gasteiger partial charge in [0, 0.05) is 35.6 Å². The van der Waals surface area contributed by atoms with E-state index in [0.717, 1.165) is 36.5 Å². The lowest BCUT2D eigenvalue weighted by Crippen LogP contribution is -2.35. The van der Waals surface area contributed by atoms with Gasteiger partial charge in [0.25, 0.3) is 0 Å². The first-order valence-corrected chi connectivity index (χ1v) is 8.79. The van der Waals surface area contributed by atoms with Gasteiger partial charge in [-0.05, 0) is 58.2 Å². The van der Waals surface area contributed by atoms with Crippen molar-refractivity contribution in [1.29, 1.82) is 0 Å². The van der Waals surface area contributed by atoms with Crippen LogP contribution in [0.1, 0.15) is 53.6 Å². The Morgan fingerprint density at radius 2 is 1.79 bits per heavy atom. The van der Waals surface area contributed by atoms with Crippen molar-refractivity contribution in [1.82, 2.24) is 9.47 Å². The molecule has 1 aromatic heterocycles. The summed E-state index contributed by atoms with van der Waals surface area (Å²) in [6.07, 6.45) is 1.03. The number of ketones is 1. The smallest absolute Gasteiger partial charge is 0.178 e. The van der Waals surface area contributed by atoms with Gasteiger partial charge in [0.05, 0.1) is 6.54 Å². The van der Waals surface area contributed by atoms with E-state index in [-0.39, 0.29) is 11.3 Å². The van der Waals surface area contributed by atoms with E-state index in [1.807, 2.05) is 0 Å². The Labute approximate surface area is 145 Å². The number of hydrogen-bond acceptors (Lipinski definition) is 2. The molecule has 0 N–H and O–H groups in total. The molecule has 0 amide bonds. The van der Waals surface area contributed by atoms with Crippen LogP contribution < -0.4 is 0 Å². The fourth-order valence-corrected chi connectivity index (χ4v) is 4.05. The Bertz CT molecular complexity index is 765. The second kappa shape index (κ2) is 6.21. The van der Waals surface area contributed by atoms with Crippen LogP contribution in [-0.2, 0) is 18.5 Å². The van der Waals surface area contributed by atoms with E-state index in [0.29, 0.717) is 6.54 Å². The number of rotatable bonds is 3. The maximum absolute atomic E-state index is 12.9. The highest BCUT2D eigenvalue weighted by atomic mass is 16.1. The van der Waals surface area contributed by atoms with Crippen molar-refractivity contribution >= 4 is 5.78 Å². The molecule has 24 heavy (non-hydrogen) atoms. The zero-order valence-corrected chi connectivity index (χ0v) is 15.5. The summed E-state index contributed by atoms with van der Waals surface area (Å²) in [6.45, 7) is 13.0. The van der Waals surface area contributed by atoms with Crippen LogP contribution in [0, 0.1) is 13.8 Å². The number of carbonyl (C=O) groups is 1. The molecule has 3 heteroatoms. The third kappa shape index (κ3) is 3.18. The molecule has 3 nitrogen and oxygen atoms in total. The molecular weight excluding hydrogens is 296 g/mol. The Kier molecular flexibility index (Phi) is 4.39. The van der Waals surface area contributed by atoms with Gasteiger partial charge in [0.15, 0.2) is 5.78 Å². The molecule has 1 aromatic carbocycles. The van der Waals surface area contributed by atoms with E-state index in [4.69, 9.17) is 0 Å². The number of hydrogen-bond donors (Lipinski definition) is 0. The molecule has 2 aromatic rings. The maximum Gasteiger partial charge on any atom is 0.178 e. The summed E-state index contributed by atoms with van der Waals surface area (Å²) < 4.78 is 2.27. The van der Waals surface area contributed by atoms with Gasteiger partial charge >= 0.3 is 0 Å². The van der Waals surface area contributed by atoms with Crippen LogP contribution in [0.15, 0.2) is 30.3 Å². The molecule has 0 unspecified atom stereocenters. The molecule has 2 heterocycles.